The molecule has 9 heteroatoms. The van der Waals surface area contributed by atoms with Crippen molar-refractivity contribution in [3.63, 3.8) is 0 Å². The summed E-state index contributed by atoms with van der Waals surface area (Å²) in [5.41, 5.74) is 1.86. The van der Waals surface area contributed by atoms with Crippen molar-refractivity contribution in [2.45, 2.75) is 13.3 Å². The zero-order valence-electron chi connectivity index (χ0n) is 15.5. The number of hydrogen-bond acceptors (Lipinski definition) is 6. The van der Waals surface area contributed by atoms with Crippen molar-refractivity contribution in [3.05, 3.63) is 34.7 Å². The maximum absolute atomic E-state index is 13.0. The average molecular weight is 432 g/mol. The van der Waals surface area contributed by atoms with Crippen molar-refractivity contribution >= 4 is 56.6 Å². The molecular formula is C18H23Cl2N3O3S. The molecule has 1 aromatic carbocycles. The highest BCUT2D eigenvalue weighted by atomic mass is 35.5. The summed E-state index contributed by atoms with van der Waals surface area (Å²) in [6, 6.07) is 3.76. The average Bonchev–Trinajstić information content (AvgIpc) is 3.02. The van der Waals surface area contributed by atoms with E-state index in [1.54, 1.807) is 4.90 Å². The maximum Gasteiger partial charge on any atom is 0.298 e. The monoisotopic (exact) mass is 431 g/mol. The van der Waals surface area contributed by atoms with Crippen molar-refractivity contribution in [3.8, 4) is 0 Å². The highest BCUT2D eigenvalue weighted by molar-refractivity contribution is 7.22. The number of aryl methyl sites for hydroxylation is 1. The van der Waals surface area contributed by atoms with Gasteiger partial charge in [-0.1, -0.05) is 22.9 Å². The van der Waals surface area contributed by atoms with Crippen LogP contribution >= 0.6 is 35.3 Å². The standard InChI is InChI=1S/C18H22ClN3O3S.ClH/c1-12-9-13(19)10-15-16(12)20-18(26-15)22(6-4-5-21(2)3)17(23)14-11-24-7-8-25-14;/h9-11H,4-8H2,1-3H3;1H. The second kappa shape index (κ2) is 9.59. The summed E-state index contributed by atoms with van der Waals surface area (Å²) >= 11 is 7.62. The first-order chi connectivity index (χ1) is 12.5. The predicted molar refractivity (Wildman–Crippen MR) is 112 cm³/mol. The predicted octanol–water partition coefficient (Wildman–Crippen LogP) is 3.85. The molecule has 0 saturated heterocycles. The Kier molecular flexibility index (Phi) is 7.73. The van der Waals surface area contributed by atoms with Crippen LogP contribution in [0.3, 0.4) is 0 Å². The van der Waals surface area contributed by atoms with E-state index in [2.05, 4.69) is 4.90 Å². The zero-order valence-corrected chi connectivity index (χ0v) is 17.9. The molecule has 148 valence electrons. The topological polar surface area (TPSA) is 54.9 Å². The first-order valence-corrected chi connectivity index (χ1v) is 9.63. The van der Waals surface area contributed by atoms with Gasteiger partial charge in [0.1, 0.15) is 19.5 Å². The van der Waals surface area contributed by atoms with Gasteiger partial charge in [-0.15, -0.1) is 12.4 Å². The number of carbonyl (C=O) groups excluding carboxylic acids is 1. The molecule has 0 saturated carbocycles. The molecule has 1 aliphatic rings. The van der Waals surface area contributed by atoms with E-state index in [1.165, 1.54) is 17.6 Å². The van der Waals surface area contributed by atoms with Crippen molar-refractivity contribution in [1.82, 2.24) is 9.88 Å². The second-order valence-electron chi connectivity index (χ2n) is 6.38. The normalized spacial score (nSPS) is 13.6. The second-order valence-corrected chi connectivity index (χ2v) is 7.83. The number of fused-ring (bicyclic) bond motifs is 1. The number of benzene rings is 1. The minimum atomic E-state index is -0.230. The number of nitrogens with zero attached hydrogens (tertiary/aromatic N) is 3. The molecule has 0 fully saturated rings. The Morgan fingerprint density at radius 3 is 2.74 bits per heavy atom. The molecule has 1 aromatic heterocycles. The molecule has 0 radical (unpaired) electrons. The van der Waals surface area contributed by atoms with Gasteiger partial charge in [-0.2, -0.15) is 0 Å². The van der Waals surface area contributed by atoms with E-state index in [-0.39, 0.29) is 24.1 Å². The van der Waals surface area contributed by atoms with Crippen LogP contribution in [-0.2, 0) is 14.3 Å². The van der Waals surface area contributed by atoms with Crippen molar-refractivity contribution in [1.29, 1.82) is 0 Å². The number of aromatic nitrogens is 1. The van der Waals surface area contributed by atoms with E-state index < -0.39 is 0 Å². The Balaban J connectivity index is 0.00000261. The fourth-order valence-electron chi connectivity index (χ4n) is 2.70. The van der Waals surface area contributed by atoms with E-state index >= 15 is 0 Å². The quantitative estimate of drug-likeness (QED) is 0.694. The largest absolute Gasteiger partial charge is 0.494 e. The lowest BCUT2D eigenvalue weighted by molar-refractivity contribution is -0.119. The molecule has 0 N–H and O–H groups in total. The van der Waals surface area contributed by atoms with E-state index in [1.807, 2.05) is 33.2 Å². The first kappa shape index (κ1) is 21.8. The molecule has 1 amide bonds. The minimum absolute atomic E-state index is 0. The van der Waals surface area contributed by atoms with Gasteiger partial charge in [0.05, 0.1) is 10.2 Å². The van der Waals surface area contributed by atoms with E-state index in [9.17, 15) is 4.79 Å². The van der Waals surface area contributed by atoms with Gasteiger partial charge >= 0.3 is 0 Å². The Hall–Kier alpha value is -1.54. The highest BCUT2D eigenvalue weighted by Crippen LogP contribution is 2.33. The van der Waals surface area contributed by atoms with Crippen LogP contribution in [0, 0.1) is 6.92 Å². The maximum atomic E-state index is 13.0. The van der Waals surface area contributed by atoms with E-state index in [0.717, 1.165) is 28.7 Å². The van der Waals surface area contributed by atoms with Gasteiger partial charge in [-0.05, 0) is 51.7 Å². The van der Waals surface area contributed by atoms with Gasteiger partial charge in [0.25, 0.3) is 5.91 Å². The molecule has 0 atom stereocenters. The summed E-state index contributed by atoms with van der Waals surface area (Å²) in [6.45, 7) is 4.21. The van der Waals surface area contributed by atoms with Gasteiger partial charge < -0.3 is 14.4 Å². The molecule has 1 aliphatic heterocycles. The van der Waals surface area contributed by atoms with Crippen LogP contribution in [0.15, 0.2) is 24.2 Å². The molecular weight excluding hydrogens is 409 g/mol. The van der Waals surface area contributed by atoms with Gasteiger partial charge in [-0.3, -0.25) is 9.69 Å². The molecule has 27 heavy (non-hydrogen) atoms. The van der Waals surface area contributed by atoms with Gasteiger partial charge in [0.2, 0.25) is 5.76 Å². The summed E-state index contributed by atoms with van der Waals surface area (Å²) in [7, 11) is 4.02. The Labute approximate surface area is 174 Å². The Morgan fingerprint density at radius 1 is 1.30 bits per heavy atom. The van der Waals surface area contributed by atoms with Crippen LogP contribution in [0.4, 0.5) is 5.13 Å². The third-order valence-corrected chi connectivity index (χ3v) is 5.21. The third kappa shape index (κ3) is 5.25. The van der Waals surface area contributed by atoms with Crippen LogP contribution in [0.1, 0.15) is 12.0 Å². The smallest absolute Gasteiger partial charge is 0.298 e. The van der Waals surface area contributed by atoms with Crippen LogP contribution < -0.4 is 4.90 Å². The SMILES string of the molecule is Cc1cc(Cl)cc2sc(N(CCCN(C)C)C(=O)C3=COCCO3)nc12.Cl. The molecule has 0 spiro atoms. The van der Waals surface area contributed by atoms with Gasteiger partial charge in [-0.25, -0.2) is 4.98 Å². The number of anilines is 1. The third-order valence-electron chi connectivity index (χ3n) is 3.96. The fourth-order valence-corrected chi connectivity index (χ4v) is 4.15. The number of rotatable bonds is 6. The Bertz CT molecular complexity index is 839. The number of thiazole rings is 1. The van der Waals surface area contributed by atoms with Crippen molar-refractivity contribution < 1.29 is 14.3 Å². The summed E-state index contributed by atoms with van der Waals surface area (Å²) in [4.78, 5) is 21.4. The van der Waals surface area contributed by atoms with Crippen LogP contribution in [0.5, 0.6) is 0 Å². The molecule has 0 bridgehead atoms. The number of amides is 1. The molecule has 2 aromatic rings. The van der Waals surface area contributed by atoms with Crippen molar-refractivity contribution in [2.24, 2.45) is 0 Å². The van der Waals surface area contributed by atoms with Gasteiger partial charge in [0, 0.05) is 11.6 Å². The number of halogens is 2. The Morgan fingerprint density at radius 2 is 2.07 bits per heavy atom. The molecule has 6 nitrogen and oxygen atoms in total. The van der Waals surface area contributed by atoms with Crippen LogP contribution in [-0.4, -0.2) is 56.2 Å². The van der Waals surface area contributed by atoms with E-state index in [4.69, 9.17) is 26.1 Å². The summed E-state index contributed by atoms with van der Waals surface area (Å²) in [6.07, 6.45) is 2.21. The lowest BCUT2D eigenvalue weighted by Crippen LogP contribution is -2.36. The first-order valence-electron chi connectivity index (χ1n) is 8.43. The number of ether oxygens (including phenoxy) is 2. The van der Waals surface area contributed by atoms with E-state index in [0.29, 0.717) is 29.9 Å². The summed E-state index contributed by atoms with van der Waals surface area (Å²) in [5, 5.41) is 1.31. The molecule has 3 rings (SSSR count). The molecule has 2 heterocycles. The number of carbonyl (C=O) groups is 1. The van der Waals surface area contributed by atoms with Crippen molar-refractivity contribution in [2.75, 3.05) is 45.3 Å². The lowest BCUT2D eigenvalue weighted by atomic mass is 10.2. The molecule has 0 unspecified atom stereocenters. The van der Waals surface area contributed by atoms with Crippen LogP contribution in [0.25, 0.3) is 10.2 Å². The highest BCUT2D eigenvalue weighted by Gasteiger charge is 2.26. The summed E-state index contributed by atoms with van der Waals surface area (Å²) < 4.78 is 11.7. The fraction of sp³-hybridized carbons (Fsp3) is 0.444. The number of hydrogen-bond donors (Lipinski definition) is 0. The zero-order chi connectivity index (χ0) is 18.7. The van der Waals surface area contributed by atoms with Gasteiger partial charge in [0.15, 0.2) is 5.13 Å². The summed E-state index contributed by atoms with van der Waals surface area (Å²) in [5.74, 6) is -0.0126. The van der Waals surface area contributed by atoms with Crippen LogP contribution in [0.2, 0.25) is 5.02 Å². The lowest BCUT2D eigenvalue weighted by Gasteiger charge is -2.23. The molecule has 0 aliphatic carbocycles. The minimum Gasteiger partial charge on any atom is -0.494 e.